The van der Waals surface area contributed by atoms with E-state index in [-0.39, 0.29) is 0 Å². The number of benzene rings is 1. The Balaban J connectivity index is 2.09. The summed E-state index contributed by atoms with van der Waals surface area (Å²) in [7, 11) is 5.16. The van der Waals surface area contributed by atoms with Gasteiger partial charge in [0.05, 0.1) is 14.2 Å². The summed E-state index contributed by atoms with van der Waals surface area (Å²) < 4.78 is 16.1. The van der Waals surface area contributed by atoms with E-state index in [1.807, 2.05) is 30.1 Å². The van der Waals surface area contributed by atoms with Gasteiger partial charge in [0, 0.05) is 20.0 Å². The van der Waals surface area contributed by atoms with Crippen LogP contribution in [0.5, 0.6) is 11.5 Å². The molecule has 0 N–H and O–H groups in total. The molecule has 114 valence electrons. The van der Waals surface area contributed by atoms with E-state index in [1.54, 1.807) is 14.2 Å². The number of nitrogens with zero attached hydrogens (tertiary/aromatic N) is 3. The van der Waals surface area contributed by atoms with Gasteiger partial charge in [0.2, 0.25) is 5.89 Å². The maximum absolute atomic E-state index is 5.61. The molecule has 0 fully saturated rings. The van der Waals surface area contributed by atoms with Crippen LogP contribution in [0.25, 0.3) is 0 Å². The third-order valence-corrected chi connectivity index (χ3v) is 3.11. The number of aromatic nitrogens is 2. The smallest absolute Gasteiger partial charge is 0.318 e. The second-order valence-electron chi connectivity index (χ2n) is 4.77. The monoisotopic (exact) mass is 291 g/mol. The molecule has 1 heterocycles. The highest BCUT2D eigenvalue weighted by molar-refractivity contribution is 5.43. The zero-order valence-corrected chi connectivity index (χ0v) is 12.9. The van der Waals surface area contributed by atoms with Crippen molar-refractivity contribution in [2.24, 2.45) is 0 Å². The molecule has 0 amide bonds. The maximum Gasteiger partial charge on any atom is 0.318 e. The molecule has 0 radical (unpaired) electrons. The van der Waals surface area contributed by atoms with E-state index in [0.717, 1.165) is 18.4 Å². The van der Waals surface area contributed by atoms with Gasteiger partial charge >= 0.3 is 6.01 Å². The first kappa shape index (κ1) is 15.2. The average Bonchev–Trinajstić information content (AvgIpc) is 2.96. The molecule has 0 aliphatic heterocycles. The van der Waals surface area contributed by atoms with Gasteiger partial charge in [0.15, 0.2) is 11.5 Å². The zero-order chi connectivity index (χ0) is 15.2. The Kier molecular flexibility index (Phi) is 5.03. The molecule has 6 nitrogen and oxygen atoms in total. The Morgan fingerprint density at radius 1 is 1.14 bits per heavy atom. The van der Waals surface area contributed by atoms with Crippen molar-refractivity contribution in [3.8, 4) is 11.5 Å². The van der Waals surface area contributed by atoms with Crippen LogP contribution in [0, 0.1) is 0 Å². The number of anilines is 1. The average molecular weight is 291 g/mol. The minimum absolute atomic E-state index is 0.522. The van der Waals surface area contributed by atoms with Crippen molar-refractivity contribution >= 4 is 6.01 Å². The van der Waals surface area contributed by atoms with Gasteiger partial charge in [-0.05, 0) is 24.1 Å². The molecule has 0 saturated heterocycles. The summed E-state index contributed by atoms with van der Waals surface area (Å²) in [6, 6.07) is 6.34. The van der Waals surface area contributed by atoms with Crippen molar-refractivity contribution in [2.75, 3.05) is 26.2 Å². The van der Waals surface area contributed by atoms with Crippen molar-refractivity contribution in [2.45, 2.75) is 26.3 Å². The van der Waals surface area contributed by atoms with Gasteiger partial charge in [-0.2, -0.15) is 0 Å². The first-order valence-corrected chi connectivity index (χ1v) is 6.92. The van der Waals surface area contributed by atoms with Crippen molar-refractivity contribution in [1.29, 1.82) is 0 Å². The van der Waals surface area contributed by atoms with Gasteiger partial charge < -0.3 is 18.8 Å². The van der Waals surface area contributed by atoms with E-state index in [2.05, 4.69) is 17.1 Å². The molecule has 0 aliphatic rings. The highest BCUT2D eigenvalue weighted by Gasteiger charge is 2.12. The molecule has 0 atom stereocenters. The molecule has 2 rings (SSSR count). The molecular formula is C15H21N3O3. The predicted octanol–water partition coefficient (Wildman–Crippen LogP) is 2.68. The van der Waals surface area contributed by atoms with Crippen LogP contribution in [-0.4, -0.2) is 31.5 Å². The normalized spacial score (nSPS) is 10.5. The van der Waals surface area contributed by atoms with Crippen LogP contribution in [0.3, 0.4) is 0 Å². The molecular weight excluding hydrogens is 270 g/mol. The van der Waals surface area contributed by atoms with Gasteiger partial charge in [-0.15, -0.1) is 5.10 Å². The number of hydrogen-bond acceptors (Lipinski definition) is 6. The Labute approximate surface area is 124 Å². The molecule has 0 unspecified atom stereocenters. The number of aryl methyl sites for hydroxylation is 1. The molecule has 1 aromatic carbocycles. The van der Waals surface area contributed by atoms with Crippen molar-refractivity contribution in [3.63, 3.8) is 0 Å². The van der Waals surface area contributed by atoms with Gasteiger partial charge in [-0.25, -0.2) is 0 Å². The van der Waals surface area contributed by atoms with E-state index in [4.69, 9.17) is 13.9 Å². The maximum atomic E-state index is 5.61. The molecule has 21 heavy (non-hydrogen) atoms. The van der Waals surface area contributed by atoms with Crippen LogP contribution in [0.1, 0.15) is 24.8 Å². The Hall–Kier alpha value is -2.24. The summed E-state index contributed by atoms with van der Waals surface area (Å²) in [5.41, 5.74) is 1.07. The number of hydrogen-bond donors (Lipinski definition) is 0. The number of ether oxygens (including phenoxy) is 2. The van der Waals surface area contributed by atoms with E-state index in [0.29, 0.717) is 29.9 Å². The van der Waals surface area contributed by atoms with Crippen LogP contribution in [0.2, 0.25) is 0 Å². The minimum Gasteiger partial charge on any atom is -0.493 e. The summed E-state index contributed by atoms with van der Waals surface area (Å²) >= 11 is 0. The van der Waals surface area contributed by atoms with Crippen LogP contribution < -0.4 is 14.4 Å². The zero-order valence-electron chi connectivity index (χ0n) is 12.9. The first-order chi connectivity index (χ1) is 10.2. The van der Waals surface area contributed by atoms with Crippen LogP contribution >= 0.6 is 0 Å². The molecule has 6 heteroatoms. The summed E-state index contributed by atoms with van der Waals surface area (Å²) in [5, 5.41) is 8.09. The van der Waals surface area contributed by atoms with Crippen molar-refractivity contribution in [1.82, 2.24) is 10.2 Å². The Morgan fingerprint density at radius 2 is 1.90 bits per heavy atom. The fourth-order valence-corrected chi connectivity index (χ4v) is 2.03. The van der Waals surface area contributed by atoms with Crippen LogP contribution in [0.15, 0.2) is 22.6 Å². The van der Waals surface area contributed by atoms with E-state index in [9.17, 15) is 0 Å². The molecule has 0 saturated carbocycles. The summed E-state index contributed by atoms with van der Waals surface area (Å²) in [6.07, 6.45) is 1.79. The summed E-state index contributed by atoms with van der Waals surface area (Å²) in [5.74, 6) is 2.10. The molecule has 0 bridgehead atoms. The standard InChI is InChI=1S/C15H21N3O3/c1-5-6-14-16-17-15(21-14)18(2)10-11-7-8-12(19-3)13(9-11)20-4/h7-9H,5-6,10H2,1-4H3. The van der Waals surface area contributed by atoms with Gasteiger partial charge in [-0.3, -0.25) is 0 Å². The predicted molar refractivity (Wildman–Crippen MR) is 79.9 cm³/mol. The Bertz CT molecular complexity index is 583. The summed E-state index contributed by atoms with van der Waals surface area (Å²) in [4.78, 5) is 1.91. The van der Waals surface area contributed by atoms with Gasteiger partial charge in [0.25, 0.3) is 0 Å². The summed E-state index contributed by atoms with van der Waals surface area (Å²) in [6.45, 7) is 2.73. The van der Waals surface area contributed by atoms with Crippen molar-refractivity contribution < 1.29 is 13.9 Å². The SMILES string of the molecule is CCCc1nnc(N(C)Cc2ccc(OC)c(OC)c2)o1. The highest BCUT2D eigenvalue weighted by atomic mass is 16.5. The largest absolute Gasteiger partial charge is 0.493 e. The van der Waals surface area contributed by atoms with E-state index < -0.39 is 0 Å². The third kappa shape index (κ3) is 3.65. The molecule has 1 aromatic heterocycles. The third-order valence-electron chi connectivity index (χ3n) is 3.11. The highest BCUT2D eigenvalue weighted by Crippen LogP contribution is 2.28. The number of methoxy groups -OCH3 is 2. The lowest BCUT2D eigenvalue weighted by atomic mass is 10.2. The van der Waals surface area contributed by atoms with E-state index in [1.165, 1.54) is 0 Å². The fraction of sp³-hybridized carbons (Fsp3) is 0.467. The second kappa shape index (κ2) is 6.97. The lowest BCUT2D eigenvalue weighted by molar-refractivity contribution is 0.354. The molecule has 2 aromatic rings. The lowest BCUT2D eigenvalue weighted by Gasteiger charge is -2.15. The van der Waals surface area contributed by atoms with Crippen LogP contribution in [-0.2, 0) is 13.0 Å². The minimum atomic E-state index is 0.522. The van der Waals surface area contributed by atoms with E-state index >= 15 is 0 Å². The quantitative estimate of drug-likeness (QED) is 0.781. The van der Waals surface area contributed by atoms with Crippen LogP contribution in [0.4, 0.5) is 6.01 Å². The molecule has 0 spiro atoms. The lowest BCUT2D eigenvalue weighted by Crippen LogP contribution is -2.16. The molecule has 0 aliphatic carbocycles. The van der Waals surface area contributed by atoms with Crippen molar-refractivity contribution in [3.05, 3.63) is 29.7 Å². The first-order valence-electron chi connectivity index (χ1n) is 6.92. The topological polar surface area (TPSA) is 60.6 Å². The van der Waals surface area contributed by atoms with Gasteiger partial charge in [-0.1, -0.05) is 18.1 Å². The van der Waals surface area contributed by atoms with Gasteiger partial charge in [0.1, 0.15) is 0 Å². The Morgan fingerprint density at radius 3 is 2.57 bits per heavy atom. The second-order valence-corrected chi connectivity index (χ2v) is 4.77. The number of rotatable bonds is 7. The fourth-order valence-electron chi connectivity index (χ4n) is 2.03.